The Morgan fingerprint density at radius 2 is 2.06 bits per heavy atom. The average Bonchev–Trinajstić information content (AvgIpc) is 3.11. The highest BCUT2D eigenvalue weighted by Gasteiger charge is 2.21. The van der Waals surface area contributed by atoms with Gasteiger partial charge in [0.05, 0.1) is 5.56 Å². The second-order valence-corrected chi connectivity index (χ2v) is 4.23. The van der Waals surface area contributed by atoms with Gasteiger partial charge in [0.15, 0.2) is 0 Å². The summed E-state index contributed by atoms with van der Waals surface area (Å²) in [6.45, 7) is 3.77. The van der Waals surface area contributed by atoms with E-state index >= 15 is 0 Å². The van der Waals surface area contributed by atoms with E-state index in [1.807, 2.05) is 24.3 Å². The smallest absolute Gasteiger partial charge is 0.338 e. The third-order valence-corrected chi connectivity index (χ3v) is 2.74. The third kappa shape index (κ3) is 2.96. The van der Waals surface area contributed by atoms with E-state index in [9.17, 15) is 4.79 Å². The number of benzene rings is 1. The van der Waals surface area contributed by atoms with Crippen LogP contribution in [0.3, 0.4) is 0 Å². The average molecular weight is 216 g/mol. The van der Waals surface area contributed by atoms with Gasteiger partial charge in [-0.1, -0.05) is 24.8 Å². The van der Waals surface area contributed by atoms with Crippen LogP contribution >= 0.6 is 0 Å². The van der Waals surface area contributed by atoms with E-state index in [1.54, 1.807) is 6.08 Å². The van der Waals surface area contributed by atoms with Gasteiger partial charge in [0.25, 0.3) is 0 Å². The van der Waals surface area contributed by atoms with E-state index in [1.165, 1.54) is 18.4 Å². The summed E-state index contributed by atoms with van der Waals surface area (Å²) in [7, 11) is 0. The first kappa shape index (κ1) is 10.9. The molecule has 1 aliphatic rings. The maximum absolute atomic E-state index is 11.5. The van der Waals surface area contributed by atoms with Gasteiger partial charge in [0, 0.05) is 0 Å². The Labute approximate surface area is 95.9 Å². The molecule has 2 heteroatoms. The first-order valence-electron chi connectivity index (χ1n) is 5.66. The monoisotopic (exact) mass is 216 g/mol. The summed E-state index contributed by atoms with van der Waals surface area (Å²) >= 11 is 0. The van der Waals surface area contributed by atoms with Crippen LogP contribution in [0.1, 0.15) is 28.8 Å². The van der Waals surface area contributed by atoms with Gasteiger partial charge in [-0.2, -0.15) is 0 Å². The first-order valence-corrected chi connectivity index (χ1v) is 5.66. The molecule has 0 atom stereocenters. The van der Waals surface area contributed by atoms with E-state index < -0.39 is 0 Å². The zero-order valence-electron chi connectivity index (χ0n) is 9.32. The van der Waals surface area contributed by atoms with Gasteiger partial charge < -0.3 is 4.74 Å². The summed E-state index contributed by atoms with van der Waals surface area (Å²) in [5, 5.41) is 0. The summed E-state index contributed by atoms with van der Waals surface area (Å²) in [5.41, 5.74) is 1.92. The van der Waals surface area contributed by atoms with Crippen LogP contribution in [0, 0.1) is 5.92 Å². The molecule has 84 valence electrons. The summed E-state index contributed by atoms with van der Waals surface area (Å²) in [6, 6.07) is 7.71. The zero-order chi connectivity index (χ0) is 11.4. The van der Waals surface area contributed by atoms with Gasteiger partial charge in [0.2, 0.25) is 0 Å². The normalized spacial score (nSPS) is 14.5. The molecule has 0 saturated heterocycles. The minimum atomic E-state index is -0.280. The van der Waals surface area contributed by atoms with Crippen LogP contribution in [0.4, 0.5) is 0 Å². The lowest BCUT2D eigenvalue weighted by Crippen LogP contribution is -2.04. The molecule has 1 saturated carbocycles. The van der Waals surface area contributed by atoms with Crippen LogP contribution in [0.2, 0.25) is 0 Å². The van der Waals surface area contributed by atoms with Crippen molar-refractivity contribution in [2.75, 3.05) is 6.61 Å². The van der Waals surface area contributed by atoms with E-state index in [-0.39, 0.29) is 12.6 Å². The molecule has 0 N–H and O–H groups in total. The molecule has 0 aliphatic heterocycles. The second-order valence-electron chi connectivity index (χ2n) is 4.23. The number of carbonyl (C=O) groups is 1. The van der Waals surface area contributed by atoms with Crippen LogP contribution in [0.5, 0.6) is 0 Å². The lowest BCUT2D eigenvalue weighted by molar-refractivity contribution is 0.0550. The van der Waals surface area contributed by atoms with Gasteiger partial charge in [-0.05, 0) is 42.9 Å². The van der Waals surface area contributed by atoms with Gasteiger partial charge in [-0.25, -0.2) is 4.79 Å². The quantitative estimate of drug-likeness (QED) is 0.558. The molecule has 0 spiro atoms. The lowest BCUT2D eigenvalue weighted by atomic mass is 10.1. The van der Waals surface area contributed by atoms with Crippen LogP contribution in [-0.4, -0.2) is 12.6 Å². The molecule has 1 aliphatic carbocycles. The molecule has 2 nitrogen and oxygen atoms in total. The Balaban J connectivity index is 1.94. The predicted octanol–water partition coefficient (Wildman–Crippen LogP) is 2.98. The summed E-state index contributed by atoms with van der Waals surface area (Å²) in [5.74, 6) is 0.594. The molecule has 0 unspecified atom stereocenters. The Morgan fingerprint density at radius 3 is 2.62 bits per heavy atom. The summed E-state index contributed by atoms with van der Waals surface area (Å²) in [4.78, 5) is 11.5. The van der Waals surface area contributed by atoms with E-state index in [0.717, 1.165) is 12.3 Å². The maximum atomic E-state index is 11.5. The molecule has 1 aromatic carbocycles. The van der Waals surface area contributed by atoms with Crippen LogP contribution < -0.4 is 0 Å². The zero-order valence-corrected chi connectivity index (χ0v) is 9.32. The number of carbonyl (C=O) groups excluding carboxylic acids is 1. The molecule has 1 fully saturated rings. The van der Waals surface area contributed by atoms with Gasteiger partial charge in [-0.15, -0.1) is 0 Å². The van der Waals surface area contributed by atoms with Gasteiger partial charge in [-0.3, -0.25) is 0 Å². The van der Waals surface area contributed by atoms with Crippen molar-refractivity contribution in [3.8, 4) is 0 Å². The van der Waals surface area contributed by atoms with Crippen molar-refractivity contribution in [2.24, 2.45) is 5.92 Å². The van der Waals surface area contributed by atoms with E-state index in [2.05, 4.69) is 6.58 Å². The highest BCUT2D eigenvalue weighted by molar-refractivity contribution is 5.89. The molecule has 0 radical (unpaired) electrons. The Hall–Kier alpha value is -1.57. The van der Waals surface area contributed by atoms with E-state index in [0.29, 0.717) is 5.56 Å². The molecule has 1 aromatic rings. The molecular weight excluding hydrogens is 200 g/mol. The second kappa shape index (κ2) is 4.97. The van der Waals surface area contributed by atoms with Gasteiger partial charge in [0.1, 0.15) is 6.61 Å². The SMILES string of the molecule is C=CCOC(=O)c1ccc(CC2CC2)cc1. The Kier molecular flexibility index (Phi) is 3.40. The molecule has 0 aromatic heterocycles. The predicted molar refractivity (Wildman–Crippen MR) is 63.3 cm³/mol. The number of esters is 1. The van der Waals surface area contributed by atoms with Crippen molar-refractivity contribution < 1.29 is 9.53 Å². The van der Waals surface area contributed by atoms with Crippen molar-refractivity contribution in [3.63, 3.8) is 0 Å². The van der Waals surface area contributed by atoms with Crippen LogP contribution in [0.25, 0.3) is 0 Å². The number of hydrogen-bond donors (Lipinski definition) is 0. The first-order chi connectivity index (χ1) is 7.79. The fourth-order valence-corrected chi connectivity index (χ4v) is 1.65. The minimum Gasteiger partial charge on any atom is -0.458 e. The molecule has 0 amide bonds. The minimum absolute atomic E-state index is 0.267. The fraction of sp³-hybridized carbons (Fsp3) is 0.357. The standard InChI is InChI=1S/C14H16O2/c1-2-9-16-14(15)13-7-5-12(6-8-13)10-11-3-4-11/h2,5-8,11H,1,3-4,9-10H2. The van der Waals surface area contributed by atoms with E-state index in [4.69, 9.17) is 4.74 Å². The third-order valence-electron chi connectivity index (χ3n) is 2.74. The number of rotatable bonds is 5. The van der Waals surface area contributed by atoms with Crippen molar-refractivity contribution in [1.82, 2.24) is 0 Å². The highest BCUT2D eigenvalue weighted by atomic mass is 16.5. The molecule has 0 heterocycles. The van der Waals surface area contributed by atoms with Crippen molar-refractivity contribution in [3.05, 3.63) is 48.0 Å². The van der Waals surface area contributed by atoms with Gasteiger partial charge >= 0.3 is 5.97 Å². The molecule has 0 bridgehead atoms. The van der Waals surface area contributed by atoms with Crippen molar-refractivity contribution >= 4 is 5.97 Å². The molecular formula is C14H16O2. The van der Waals surface area contributed by atoms with Crippen molar-refractivity contribution in [1.29, 1.82) is 0 Å². The Morgan fingerprint density at radius 1 is 1.38 bits per heavy atom. The summed E-state index contributed by atoms with van der Waals surface area (Å²) in [6.07, 6.45) is 5.41. The lowest BCUT2D eigenvalue weighted by Gasteiger charge is -2.03. The Bertz CT molecular complexity index is 374. The number of hydrogen-bond acceptors (Lipinski definition) is 2. The highest BCUT2D eigenvalue weighted by Crippen LogP contribution is 2.32. The topological polar surface area (TPSA) is 26.3 Å². The van der Waals surface area contributed by atoms with Crippen molar-refractivity contribution in [2.45, 2.75) is 19.3 Å². The maximum Gasteiger partial charge on any atom is 0.338 e. The van der Waals surface area contributed by atoms with Crippen LogP contribution in [-0.2, 0) is 11.2 Å². The van der Waals surface area contributed by atoms with Crippen LogP contribution in [0.15, 0.2) is 36.9 Å². The fourth-order valence-electron chi connectivity index (χ4n) is 1.65. The molecule has 16 heavy (non-hydrogen) atoms. The number of ether oxygens (including phenoxy) is 1. The summed E-state index contributed by atoms with van der Waals surface area (Å²) < 4.78 is 4.95. The largest absolute Gasteiger partial charge is 0.458 e. The molecule has 2 rings (SSSR count).